The van der Waals surface area contributed by atoms with E-state index in [2.05, 4.69) is 22.0 Å². The molecule has 5 nitrogen and oxygen atoms in total. The summed E-state index contributed by atoms with van der Waals surface area (Å²) >= 11 is 0. The molecule has 16 heavy (non-hydrogen) atoms. The molecule has 0 aliphatic carbocycles. The predicted octanol–water partition coefficient (Wildman–Crippen LogP) is 0.709. The summed E-state index contributed by atoms with van der Waals surface area (Å²) in [6.45, 7) is 8.93. The molecule has 1 aromatic rings. The molecule has 0 aliphatic rings. The Labute approximate surface area is 96.1 Å². The topological polar surface area (TPSA) is 68.2 Å². The van der Waals surface area contributed by atoms with Gasteiger partial charge in [-0.1, -0.05) is 12.2 Å². The molecule has 0 saturated carbocycles. The Bertz CT molecular complexity index is 403. The third-order valence-electron chi connectivity index (χ3n) is 2.33. The Balaban J connectivity index is 2.52. The first-order chi connectivity index (χ1) is 7.50. The lowest BCUT2D eigenvalue weighted by molar-refractivity contribution is 0.737. The average Bonchev–Trinajstić information content (AvgIpc) is 2.54. The van der Waals surface area contributed by atoms with E-state index in [1.165, 1.54) is 0 Å². The van der Waals surface area contributed by atoms with Crippen molar-refractivity contribution in [2.24, 2.45) is 17.8 Å². The van der Waals surface area contributed by atoms with E-state index in [0.29, 0.717) is 19.0 Å². The second-order valence-electron chi connectivity index (χ2n) is 3.89. The van der Waals surface area contributed by atoms with Gasteiger partial charge in [0.2, 0.25) is 0 Å². The van der Waals surface area contributed by atoms with Crippen LogP contribution in [-0.2, 0) is 13.6 Å². The van der Waals surface area contributed by atoms with Crippen LogP contribution < -0.4 is 11.1 Å². The van der Waals surface area contributed by atoms with E-state index >= 15 is 0 Å². The second kappa shape index (κ2) is 5.34. The first-order valence-corrected chi connectivity index (χ1v) is 5.16. The Hall–Kier alpha value is -1.78. The van der Waals surface area contributed by atoms with Crippen LogP contribution in [0.1, 0.15) is 18.2 Å². The smallest absolute Gasteiger partial charge is 0.189 e. The number of hydrogen-bond acceptors (Lipinski definition) is 2. The molecule has 1 heterocycles. The van der Waals surface area contributed by atoms with Crippen LogP contribution >= 0.6 is 0 Å². The number of aromatic nitrogens is 2. The minimum atomic E-state index is 0.436. The molecular weight excluding hydrogens is 202 g/mol. The monoisotopic (exact) mass is 221 g/mol. The van der Waals surface area contributed by atoms with Gasteiger partial charge >= 0.3 is 0 Å². The minimum Gasteiger partial charge on any atom is -0.370 e. The maximum Gasteiger partial charge on any atom is 0.189 e. The summed E-state index contributed by atoms with van der Waals surface area (Å²) in [6.07, 6.45) is 1.81. The molecule has 0 unspecified atom stereocenters. The number of aliphatic imine (C=N–C) groups is 1. The lowest BCUT2D eigenvalue weighted by Crippen LogP contribution is -2.32. The standard InChI is InChI=1S/C11H19N5/c1-8(2)5-13-11(12)14-6-10-7-15-16(4)9(10)3/h7H,1,5-6H2,2-4H3,(H3,12,13,14). The van der Waals surface area contributed by atoms with E-state index in [1.807, 2.05) is 31.8 Å². The van der Waals surface area contributed by atoms with Crippen LogP contribution in [0.25, 0.3) is 0 Å². The summed E-state index contributed by atoms with van der Waals surface area (Å²) in [5.74, 6) is 0.436. The van der Waals surface area contributed by atoms with Gasteiger partial charge in [-0.3, -0.25) is 4.68 Å². The van der Waals surface area contributed by atoms with Gasteiger partial charge in [-0.25, -0.2) is 4.99 Å². The first-order valence-electron chi connectivity index (χ1n) is 5.16. The third kappa shape index (κ3) is 3.42. The number of hydrogen-bond donors (Lipinski definition) is 2. The fourth-order valence-corrected chi connectivity index (χ4v) is 1.17. The summed E-state index contributed by atoms with van der Waals surface area (Å²) < 4.78 is 1.82. The molecular formula is C11H19N5. The summed E-state index contributed by atoms with van der Waals surface area (Å²) in [6, 6.07) is 0. The molecule has 0 atom stereocenters. The van der Waals surface area contributed by atoms with Crippen molar-refractivity contribution in [1.29, 1.82) is 0 Å². The van der Waals surface area contributed by atoms with E-state index in [9.17, 15) is 0 Å². The van der Waals surface area contributed by atoms with Crippen LogP contribution in [-0.4, -0.2) is 22.3 Å². The molecule has 3 N–H and O–H groups in total. The van der Waals surface area contributed by atoms with Crippen molar-refractivity contribution in [3.05, 3.63) is 29.6 Å². The molecule has 0 radical (unpaired) electrons. The van der Waals surface area contributed by atoms with Crippen molar-refractivity contribution < 1.29 is 0 Å². The van der Waals surface area contributed by atoms with Crippen molar-refractivity contribution in [1.82, 2.24) is 15.1 Å². The van der Waals surface area contributed by atoms with Crippen LogP contribution in [0, 0.1) is 6.92 Å². The molecule has 1 rings (SSSR count). The zero-order valence-corrected chi connectivity index (χ0v) is 10.1. The SMILES string of the molecule is C=C(C)CNC(N)=NCc1cnn(C)c1C. The molecule has 5 heteroatoms. The Morgan fingerprint density at radius 1 is 1.69 bits per heavy atom. The molecule has 0 aromatic carbocycles. The summed E-state index contributed by atoms with van der Waals surface area (Å²) in [4.78, 5) is 4.23. The van der Waals surface area contributed by atoms with E-state index in [1.54, 1.807) is 0 Å². The highest BCUT2D eigenvalue weighted by atomic mass is 15.3. The average molecular weight is 221 g/mol. The Kier molecular flexibility index (Phi) is 4.10. The number of rotatable bonds is 4. The molecule has 0 spiro atoms. The molecule has 1 aromatic heterocycles. The fraction of sp³-hybridized carbons (Fsp3) is 0.455. The maximum atomic E-state index is 5.70. The van der Waals surface area contributed by atoms with Crippen molar-refractivity contribution in [2.75, 3.05) is 6.54 Å². The number of aryl methyl sites for hydroxylation is 1. The van der Waals surface area contributed by atoms with Crippen LogP contribution in [0.4, 0.5) is 0 Å². The largest absolute Gasteiger partial charge is 0.370 e. The highest BCUT2D eigenvalue weighted by Gasteiger charge is 2.02. The van der Waals surface area contributed by atoms with Gasteiger partial charge in [0.05, 0.1) is 12.7 Å². The van der Waals surface area contributed by atoms with Crippen LogP contribution in [0.5, 0.6) is 0 Å². The lowest BCUT2D eigenvalue weighted by atomic mass is 10.3. The fourth-order valence-electron chi connectivity index (χ4n) is 1.17. The van der Waals surface area contributed by atoms with Gasteiger partial charge in [0, 0.05) is 24.8 Å². The Morgan fingerprint density at radius 3 is 2.88 bits per heavy atom. The van der Waals surface area contributed by atoms with E-state index in [-0.39, 0.29) is 0 Å². The maximum absolute atomic E-state index is 5.70. The molecule has 0 amide bonds. The van der Waals surface area contributed by atoms with Crippen LogP contribution in [0.15, 0.2) is 23.3 Å². The van der Waals surface area contributed by atoms with Gasteiger partial charge in [-0.05, 0) is 13.8 Å². The van der Waals surface area contributed by atoms with Crippen molar-refractivity contribution in [3.63, 3.8) is 0 Å². The van der Waals surface area contributed by atoms with Crippen LogP contribution in [0.2, 0.25) is 0 Å². The quantitative estimate of drug-likeness (QED) is 0.447. The Morgan fingerprint density at radius 2 is 2.38 bits per heavy atom. The third-order valence-corrected chi connectivity index (χ3v) is 2.33. The minimum absolute atomic E-state index is 0.436. The van der Waals surface area contributed by atoms with Gasteiger partial charge in [0.25, 0.3) is 0 Å². The molecule has 0 fully saturated rings. The van der Waals surface area contributed by atoms with Crippen LogP contribution in [0.3, 0.4) is 0 Å². The first kappa shape index (κ1) is 12.3. The molecule has 88 valence electrons. The summed E-state index contributed by atoms with van der Waals surface area (Å²) in [5, 5.41) is 7.12. The number of nitrogens with one attached hydrogen (secondary N) is 1. The lowest BCUT2D eigenvalue weighted by Gasteiger charge is -2.04. The van der Waals surface area contributed by atoms with E-state index < -0.39 is 0 Å². The zero-order chi connectivity index (χ0) is 12.1. The normalized spacial score (nSPS) is 11.6. The van der Waals surface area contributed by atoms with Crippen molar-refractivity contribution in [2.45, 2.75) is 20.4 Å². The number of nitrogens with two attached hydrogens (primary N) is 1. The zero-order valence-electron chi connectivity index (χ0n) is 10.1. The van der Waals surface area contributed by atoms with Crippen molar-refractivity contribution >= 4 is 5.96 Å². The highest BCUT2D eigenvalue weighted by molar-refractivity contribution is 5.78. The van der Waals surface area contributed by atoms with Gasteiger partial charge in [0.1, 0.15) is 0 Å². The molecule has 0 bridgehead atoms. The van der Waals surface area contributed by atoms with Crippen molar-refractivity contribution in [3.8, 4) is 0 Å². The predicted molar refractivity (Wildman–Crippen MR) is 66.1 cm³/mol. The summed E-state index contributed by atoms with van der Waals surface area (Å²) in [5.41, 5.74) is 8.91. The number of guanidine groups is 1. The second-order valence-corrected chi connectivity index (χ2v) is 3.89. The van der Waals surface area contributed by atoms with Gasteiger partial charge in [-0.15, -0.1) is 0 Å². The van der Waals surface area contributed by atoms with E-state index in [0.717, 1.165) is 16.8 Å². The van der Waals surface area contributed by atoms with E-state index in [4.69, 9.17) is 5.73 Å². The number of nitrogens with zero attached hydrogens (tertiary/aromatic N) is 3. The highest BCUT2D eigenvalue weighted by Crippen LogP contribution is 2.06. The molecule has 0 aliphatic heterocycles. The summed E-state index contributed by atoms with van der Waals surface area (Å²) in [7, 11) is 1.91. The van der Waals surface area contributed by atoms with Gasteiger partial charge in [-0.2, -0.15) is 5.10 Å². The van der Waals surface area contributed by atoms with Gasteiger partial charge in [0.15, 0.2) is 5.96 Å². The molecule has 0 saturated heterocycles. The van der Waals surface area contributed by atoms with Gasteiger partial charge < -0.3 is 11.1 Å².